The van der Waals surface area contributed by atoms with E-state index in [-0.39, 0.29) is 12.3 Å². The van der Waals surface area contributed by atoms with Crippen LogP contribution in [0.3, 0.4) is 0 Å². The molecule has 0 fully saturated rings. The van der Waals surface area contributed by atoms with E-state index in [4.69, 9.17) is 14.2 Å². The van der Waals surface area contributed by atoms with E-state index in [9.17, 15) is 8.42 Å². The van der Waals surface area contributed by atoms with Crippen LogP contribution in [0.25, 0.3) is 10.2 Å². The maximum absolute atomic E-state index is 12.4. The number of methoxy groups -OCH3 is 3. The summed E-state index contributed by atoms with van der Waals surface area (Å²) in [4.78, 5) is 4.55. The van der Waals surface area contributed by atoms with E-state index < -0.39 is 10.0 Å². The average Bonchev–Trinajstić information content (AvgIpc) is 3.17. The van der Waals surface area contributed by atoms with Crippen molar-refractivity contribution in [2.75, 3.05) is 32.8 Å². The number of thiazole rings is 1. The summed E-state index contributed by atoms with van der Waals surface area (Å²) in [5.74, 6) is 2.18. The summed E-state index contributed by atoms with van der Waals surface area (Å²) in [7, 11) is 1.16. The van der Waals surface area contributed by atoms with Crippen LogP contribution >= 0.6 is 23.1 Å². The maximum atomic E-state index is 12.4. The maximum Gasteiger partial charge on any atom is 0.211 e. The fraction of sp³-hybridized carbons (Fsp3) is 0.350. The lowest BCUT2D eigenvalue weighted by molar-refractivity contribution is 0.323. The molecule has 2 aromatic carbocycles. The molecule has 3 aromatic rings. The van der Waals surface area contributed by atoms with E-state index in [1.165, 1.54) is 21.3 Å². The van der Waals surface area contributed by atoms with Gasteiger partial charge in [0.2, 0.25) is 15.8 Å². The first kappa shape index (κ1) is 22.7. The topological polar surface area (TPSA) is 86.8 Å². The highest BCUT2D eigenvalue weighted by Crippen LogP contribution is 2.38. The standard InChI is InChI=1S/C20H24N2O5S3/c1-25-16-11-14(12-17(26-2)19(16)27-3)13-21-30(23,24)10-6-9-28-20-22-15-7-4-5-8-18(15)29-20/h4-5,7-8,11-12,21H,6,9-10,13H2,1-3H3. The summed E-state index contributed by atoms with van der Waals surface area (Å²) in [5.41, 5.74) is 1.70. The number of rotatable bonds is 11. The number of hydrogen-bond acceptors (Lipinski definition) is 8. The molecule has 30 heavy (non-hydrogen) atoms. The van der Waals surface area contributed by atoms with Crippen molar-refractivity contribution in [2.45, 2.75) is 17.3 Å². The van der Waals surface area contributed by atoms with Gasteiger partial charge in [0.15, 0.2) is 15.8 Å². The van der Waals surface area contributed by atoms with E-state index in [2.05, 4.69) is 9.71 Å². The Morgan fingerprint density at radius 3 is 2.40 bits per heavy atom. The molecule has 0 bridgehead atoms. The number of hydrogen-bond donors (Lipinski definition) is 1. The molecule has 0 aliphatic carbocycles. The number of para-hydroxylation sites is 1. The van der Waals surface area contributed by atoms with Crippen LogP contribution in [0.1, 0.15) is 12.0 Å². The van der Waals surface area contributed by atoms with E-state index in [0.29, 0.717) is 29.4 Å². The Labute approximate surface area is 184 Å². The quantitative estimate of drug-likeness (QED) is 0.337. The Kier molecular flexibility index (Phi) is 7.81. The van der Waals surface area contributed by atoms with Gasteiger partial charge in [-0.3, -0.25) is 0 Å². The zero-order chi connectivity index (χ0) is 21.6. The number of nitrogens with zero attached hydrogens (tertiary/aromatic N) is 1. The highest BCUT2D eigenvalue weighted by atomic mass is 32.2. The van der Waals surface area contributed by atoms with Crippen LogP contribution in [0.5, 0.6) is 17.2 Å². The predicted molar refractivity (Wildman–Crippen MR) is 122 cm³/mol. The van der Waals surface area contributed by atoms with E-state index >= 15 is 0 Å². The molecule has 0 atom stereocenters. The van der Waals surface area contributed by atoms with Crippen molar-refractivity contribution in [3.63, 3.8) is 0 Å². The second-order valence-corrected chi connectivity index (χ2v) is 10.6. The molecule has 1 N–H and O–H groups in total. The molecule has 10 heteroatoms. The minimum Gasteiger partial charge on any atom is -0.493 e. The van der Waals surface area contributed by atoms with Crippen molar-refractivity contribution >= 4 is 43.3 Å². The minimum absolute atomic E-state index is 0.0509. The van der Waals surface area contributed by atoms with E-state index in [1.807, 2.05) is 24.3 Å². The van der Waals surface area contributed by atoms with Crippen molar-refractivity contribution < 1.29 is 22.6 Å². The molecule has 0 saturated carbocycles. The van der Waals surface area contributed by atoms with Crippen LogP contribution in [-0.2, 0) is 16.6 Å². The van der Waals surface area contributed by atoms with E-state index in [0.717, 1.165) is 20.1 Å². The summed E-state index contributed by atoms with van der Waals surface area (Å²) in [6.07, 6.45) is 0.533. The smallest absolute Gasteiger partial charge is 0.211 e. The van der Waals surface area contributed by atoms with Gasteiger partial charge in [0.25, 0.3) is 0 Å². The Morgan fingerprint density at radius 2 is 1.77 bits per heavy atom. The van der Waals surface area contributed by atoms with Gasteiger partial charge < -0.3 is 14.2 Å². The zero-order valence-electron chi connectivity index (χ0n) is 17.0. The van der Waals surface area contributed by atoms with Gasteiger partial charge in [-0.1, -0.05) is 23.9 Å². The van der Waals surface area contributed by atoms with Crippen LogP contribution in [-0.4, -0.2) is 46.2 Å². The van der Waals surface area contributed by atoms with Gasteiger partial charge in [-0.2, -0.15) is 0 Å². The average molecular weight is 469 g/mol. The van der Waals surface area contributed by atoms with Gasteiger partial charge in [-0.05, 0) is 36.2 Å². The lowest BCUT2D eigenvalue weighted by Gasteiger charge is -2.14. The van der Waals surface area contributed by atoms with Gasteiger partial charge in [0.05, 0.1) is 37.3 Å². The number of sulfonamides is 1. The molecular formula is C20H24N2O5S3. The zero-order valence-corrected chi connectivity index (χ0v) is 19.5. The number of thioether (sulfide) groups is 1. The number of benzene rings is 2. The fourth-order valence-corrected chi connectivity index (χ4v) is 6.14. The molecule has 0 radical (unpaired) electrons. The molecule has 0 amide bonds. The van der Waals surface area contributed by atoms with Gasteiger partial charge in [-0.15, -0.1) is 11.3 Å². The van der Waals surface area contributed by atoms with Crippen molar-refractivity contribution in [1.29, 1.82) is 0 Å². The number of aromatic nitrogens is 1. The molecule has 0 aliphatic heterocycles. The van der Waals surface area contributed by atoms with E-state index in [1.54, 1.807) is 35.2 Å². The van der Waals surface area contributed by atoms with Gasteiger partial charge in [0, 0.05) is 12.3 Å². The number of fused-ring (bicyclic) bond motifs is 1. The third-order valence-corrected chi connectivity index (χ3v) is 7.95. The second-order valence-electron chi connectivity index (χ2n) is 6.32. The molecule has 0 unspecified atom stereocenters. The van der Waals surface area contributed by atoms with Crippen LogP contribution < -0.4 is 18.9 Å². The van der Waals surface area contributed by atoms with Gasteiger partial charge in [0.1, 0.15) is 0 Å². The highest BCUT2D eigenvalue weighted by molar-refractivity contribution is 8.01. The minimum atomic E-state index is -3.41. The monoisotopic (exact) mass is 468 g/mol. The molecule has 1 heterocycles. The van der Waals surface area contributed by atoms with Gasteiger partial charge >= 0.3 is 0 Å². The van der Waals surface area contributed by atoms with Crippen LogP contribution in [0.15, 0.2) is 40.7 Å². The predicted octanol–water partition coefficient (Wildman–Crippen LogP) is 3.92. The normalized spacial score (nSPS) is 11.6. The first-order chi connectivity index (χ1) is 14.5. The summed E-state index contributed by atoms with van der Waals surface area (Å²) in [5, 5.41) is 0. The lowest BCUT2D eigenvalue weighted by Crippen LogP contribution is -2.26. The molecular weight excluding hydrogens is 444 g/mol. The van der Waals surface area contributed by atoms with Crippen LogP contribution in [0, 0.1) is 0 Å². The summed E-state index contributed by atoms with van der Waals surface area (Å²) in [6.45, 7) is 0.143. The summed E-state index contributed by atoms with van der Waals surface area (Å²) >= 11 is 3.21. The third-order valence-electron chi connectivity index (χ3n) is 4.28. The molecule has 0 saturated heterocycles. The molecule has 0 spiro atoms. The lowest BCUT2D eigenvalue weighted by atomic mass is 10.2. The highest BCUT2D eigenvalue weighted by Gasteiger charge is 2.15. The molecule has 162 valence electrons. The second kappa shape index (κ2) is 10.3. The number of ether oxygens (including phenoxy) is 3. The fourth-order valence-electron chi connectivity index (χ4n) is 2.82. The third kappa shape index (κ3) is 5.78. The summed E-state index contributed by atoms with van der Waals surface area (Å²) < 4.78 is 45.4. The Balaban J connectivity index is 1.51. The summed E-state index contributed by atoms with van der Waals surface area (Å²) in [6, 6.07) is 11.4. The Morgan fingerprint density at radius 1 is 1.07 bits per heavy atom. The SMILES string of the molecule is COc1cc(CNS(=O)(=O)CCCSc2nc3ccccc3s2)cc(OC)c1OC. The first-order valence-electron chi connectivity index (χ1n) is 9.20. The molecule has 3 rings (SSSR count). The number of nitrogens with one attached hydrogen (secondary N) is 1. The molecule has 0 aliphatic rings. The van der Waals surface area contributed by atoms with Crippen molar-refractivity contribution in [2.24, 2.45) is 0 Å². The van der Waals surface area contributed by atoms with Crippen LogP contribution in [0.4, 0.5) is 0 Å². The van der Waals surface area contributed by atoms with Crippen molar-refractivity contribution in [3.05, 3.63) is 42.0 Å². The molecule has 1 aromatic heterocycles. The molecule has 7 nitrogen and oxygen atoms in total. The largest absolute Gasteiger partial charge is 0.493 e. The first-order valence-corrected chi connectivity index (χ1v) is 12.7. The van der Waals surface area contributed by atoms with Crippen LogP contribution in [0.2, 0.25) is 0 Å². The Bertz CT molecular complexity index is 1040. The Hall–Kier alpha value is -2.01. The van der Waals surface area contributed by atoms with Crippen molar-refractivity contribution in [1.82, 2.24) is 9.71 Å². The van der Waals surface area contributed by atoms with Gasteiger partial charge in [-0.25, -0.2) is 18.1 Å². The van der Waals surface area contributed by atoms with Crippen molar-refractivity contribution in [3.8, 4) is 17.2 Å².